The lowest BCUT2D eigenvalue weighted by atomic mass is 10.0. The molecule has 1 atom stereocenters. The van der Waals surface area contributed by atoms with Gasteiger partial charge in [-0.15, -0.1) is 0 Å². The third-order valence-electron chi connectivity index (χ3n) is 4.30. The van der Waals surface area contributed by atoms with Gasteiger partial charge in [0.05, 0.1) is 13.2 Å². The topological polar surface area (TPSA) is 108 Å². The average molecular weight is 394 g/mol. The van der Waals surface area contributed by atoms with Crippen LogP contribution >= 0.6 is 0 Å². The van der Waals surface area contributed by atoms with E-state index in [4.69, 9.17) is 4.52 Å². The number of benzene rings is 1. The van der Waals surface area contributed by atoms with Gasteiger partial charge in [0.25, 0.3) is 5.89 Å². The molecule has 8 heteroatoms. The minimum Gasteiger partial charge on any atom is -0.396 e. The molecule has 0 saturated carbocycles. The van der Waals surface area contributed by atoms with Crippen molar-refractivity contribution in [2.75, 3.05) is 26.2 Å². The first-order chi connectivity index (χ1) is 14.3. The van der Waals surface area contributed by atoms with Gasteiger partial charge in [0.15, 0.2) is 11.8 Å². The maximum atomic E-state index is 9.70. The lowest BCUT2D eigenvalue weighted by Crippen LogP contribution is -2.38. The van der Waals surface area contributed by atoms with Crippen molar-refractivity contribution in [1.29, 1.82) is 0 Å². The summed E-state index contributed by atoms with van der Waals surface area (Å²) in [5.74, 6) is 1.67. The van der Waals surface area contributed by atoms with Crippen molar-refractivity contribution in [2.45, 2.75) is 19.3 Å². The molecule has 8 nitrogen and oxygen atoms in total. The summed E-state index contributed by atoms with van der Waals surface area (Å²) in [5.41, 5.74) is 1.73. The van der Waals surface area contributed by atoms with Crippen LogP contribution in [-0.4, -0.2) is 52.4 Å². The van der Waals surface area contributed by atoms with E-state index in [0.29, 0.717) is 42.9 Å². The van der Waals surface area contributed by atoms with E-state index in [9.17, 15) is 5.11 Å². The van der Waals surface area contributed by atoms with Gasteiger partial charge in [0, 0.05) is 31.6 Å². The number of pyridine rings is 1. The summed E-state index contributed by atoms with van der Waals surface area (Å²) in [7, 11) is 0. The number of aliphatic imine (C=N–C) groups is 1. The van der Waals surface area contributed by atoms with E-state index < -0.39 is 0 Å². The molecule has 2 aromatic heterocycles. The highest BCUT2D eigenvalue weighted by Gasteiger charge is 2.11. The molecule has 0 radical (unpaired) electrons. The molecular formula is C21H26N6O2. The summed E-state index contributed by atoms with van der Waals surface area (Å²) in [6, 6.07) is 15.5. The number of nitrogens with zero attached hydrogens (tertiary/aromatic N) is 4. The van der Waals surface area contributed by atoms with Gasteiger partial charge in [-0.2, -0.15) is 4.98 Å². The Hall–Kier alpha value is -3.26. The second-order valence-corrected chi connectivity index (χ2v) is 6.42. The first kappa shape index (κ1) is 20.5. The van der Waals surface area contributed by atoms with Gasteiger partial charge in [-0.1, -0.05) is 41.6 Å². The Kier molecular flexibility index (Phi) is 7.71. The van der Waals surface area contributed by atoms with E-state index in [1.807, 2.05) is 55.5 Å². The van der Waals surface area contributed by atoms with Gasteiger partial charge in [-0.25, -0.2) is 0 Å². The van der Waals surface area contributed by atoms with E-state index in [2.05, 4.69) is 30.8 Å². The molecule has 3 rings (SSSR count). The van der Waals surface area contributed by atoms with Crippen LogP contribution in [0.2, 0.25) is 0 Å². The fraction of sp³-hybridized carbons (Fsp3) is 0.333. The fourth-order valence-electron chi connectivity index (χ4n) is 2.78. The van der Waals surface area contributed by atoms with E-state index in [1.165, 1.54) is 0 Å². The Labute approximate surface area is 170 Å². The molecular weight excluding hydrogens is 368 g/mol. The van der Waals surface area contributed by atoms with Crippen LogP contribution in [0.4, 0.5) is 0 Å². The first-order valence-electron chi connectivity index (χ1n) is 9.72. The SMILES string of the molecule is CCNC(=NCC(CO)c1ccccc1)NCCc1noc(-c2ccccn2)n1. The molecule has 152 valence electrons. The number of hydrogen-bond acceptors (Lipinski definition) is 6. The summed E-state index contributed by atoms with van der Waals surface area (Å²) >= 11 is 0. The summed E-state index contributed by atoms with van der Waals surface area (Å²) in [6.07, 6.45) is 2.28. The number of hydrogen-bond donors (Lipinski definition) is 3. The predicted molar refractivity (Wildman–Crippen MR) is 111 cm³/mol. The fourth-order valence-corrected chi connectivity index (χ4v) is 2.78. The minimum atomic E-state index is -0.0372. The second kappa shape index (κ2) is 10.9. The number of guanidine groups is 1. The first-order valence-corrected chi connectivity index (χ1v) is 9.72. The molecule has 2 heterocycles. The van der Waals surface area contributed by atoms with Crippen LogP contribution in [0.15, 0.2) is 64.2 Å². The Balaban J connectivity index is 1.54. The van der Waals surface area contributed by atoms with Crippen LogP contribution in [0, 0.1) is 0 Å². The molecule has 1 unspecified atom stereocenters. The zero-order valence-electron chi connectivity index (χ0n) is 16.5. The molecule has 1 aromatic carbocycles. The summed E-state index contributed by atoms with van der Waals surface area (Å²) in [5, 5.41) is 20.2. The monoisotopic (exact) mass is 394 g/mol. The van der Waals surface area contributed by atoms with Crippen LogP contribution < -0.4 is 10.6 Å². The normalized spacial score (nSPS) is 12.6. The van der Waals surface area contributed by atoms with E-state index >= 15 is 0 Å². The van der Waals surface area contributed by atoms with Gasteiger partial charge >= 0.3 is 0 Å². The molecule has 0 aliphatic heterocycles. The Bertz CT molecular complexity index is 882. The lowest BCUT2D eigenvalue weighted by Gasteiger charge is -2.15. The van der Waals surface area contributed by atoms with Gasteiger partial charge in [-0.3, -0.25) is 9.98 Å². The number of aromatic nitrogens is 3. The Morgan fingerprint density at radius 1 is 1.14 bits per heavy atom. The van der Waals surface area contributed by atoms with Crippen LogP contribution in [0.5, 0.6) is 0 Å². The third kappa shape index (κ3) is 6.11. The highest BCUT2D eigenvalue weighted by atomic mass is 16.5. The molecule has 0 fully saturated rings. The summed E-state index contributed by atoms with van der Waals surface area (Å²) in [4.78, 5) is 13.2. The van der Waals surface area contributed by atoms with Crippen LogP contribution in [0.3, 0.4) is 0 Å². The van der Waals surface area contributed by atoms with Crippen LogP contribution in [-0.2, 0) is 6.42 Å². The van der Waals surface area contributed by atoms with Crippen molar-refractivity contribution < 1.29 is 9.63 Å². The van der Waals surface area contributed by atoms with Gasteiger partial charge in [0.1, 0.15) is 5.69 Å². The van der Waals surface area contributed by atoms with Gasteiger partial charge in [0.2, 0.25) is 0 Å². The van der Waals surface area contributed by atoms with E-state index in [1.54, 1.807) is 6.20 Å². The van der Waals surface area contributed by atoms with Gasteiger partial charge in [-0.05, 0) is 24.6 Å². The van der Waals surface area contributed by atoms with Crippen molar-refractivity contribution in [3.8, 4) is 11.6 Å². The molecule has 0 saturated heterocycles. The third-order valence-corrected chi connectivity index (χ3v) is 4.30. The molecule has 29 heavy (non-hydrogen) atoms. The molecule has 3 aromatic rings. The zero-order valence-corrected chi connectivity index (χ0v) is 16.5. The van der Waals surface area contributed by atoms with Crippen molar-refractivity contribution in [3.63, 3.8) is 0 Å². The number of aliphatic hydroxyl groups excluding tert-OH is 1. The minimum absolute atomic E-state index is 0.0372. The van der Waals surface area contributed by atoms with Crippen molar-refractivity contribution in [3.05, 3.63) is 66.1 Å². The molecule has 3 N–H and O–H groups in total. The van der Waals surface area contributed by atoms with Crippen molar-refractivity contribution >= 4 is 5.96 Å². The lowest BCUT2D eigenvalue weighted by molar-refractivity contribution is 0.268. The van der Waals surface area contributed by atoms with E-state index in [0.717, 1.165) is 12.1 Å². The number of aliphatic hydroxyl groups is 1. The largest absolute Gasteiger partial charge is 0.396 e. The summed E-state index contributed by atoms with van der Waals surface area (Å²) in [6.45, 7) is 3.89. The van der Waals surface area contributed by atoms with E-state index in [-0.39, 0.29) is 12.5 Å². The molecule has 0 spiro atoms. The average Bonchev–Trinajstić information content (AvgIpc) is 3.24. The smallest absolute Gasteiger partial charge is 0.276 e. The zero-order chi connectivity index (χ0) is 20.3. The van der Waals surface area contributed by atoms with Crippen molar-refractivity contribution in [1.82, 2.24) is 25.8 Å². The maximum absolute atomic E-state index is 9.70. The van der Waals surface area contributed by atoms with Crippen LogP contribution in [0.1, 0.15) is 24.2 Å². The quantitative estimate of drug-likeness (QED) is 0.376. The highest BCUT2D eigenvalue weighted by molar-refractivity contribution is 5.79. The van der Waals surface area contributed by atoms with Crippen LogP contribution in [0.25, 0.3) is 11.6 Å². The highest BCUT2D eigenvalue weighted by Crippen LogP contribution is 2.15. The molecule has 0 aliphatic rings. The number of nitrogens with one attached hydrogen (secondary N) is 2. The summed E-state index contributed by atoms with van der Waals surface area (Å²) < 4.78 is 5.27. The Morgan fingerprint density at radius 3 is 2.69 bits per heavy atom. The molecule has 0 amide bonds. The maximum Gasteiger partial charge on any atom is 0.276 e. The molecule has 0 bridgehead atoms. The number of rotatable bonds is 9. The Morgan fingerprint density at radius 2 is 1.97 bits per heavy atom. The molecule has 0 aliphatic carbocycles. The second-order valence-electron chi connectivity index (χ2n) is 6.42. The van der Waals surface area contributed by atoms with Gasteiger partial charge < -0.3 is 20.3 Å². The predicted octanol–water partition coefficient (Wildman–Crippen LogP) is 2.01. The van der Waals surface area contributed by atoms with Crippen molar-refractivity contribution in [2.24, 2.45) is 4.99 Å². The standard InChI is InChI=1S/C21H26N6O2/c1-2-22-21(25-14-17(15-28)16-8-4-3-5-9-16)24-13-11-19-26-20(29-27-19)18-10-6-7-12-23-18/h3-10,12,17,28H,2,11,13-15H2,1H3,(H2,22,24,25).